The molecule has 0 aliphatic carbocycles. The monoisotopic (exact) mass is 508 g/mol. The topological polar surface area (TPSA) is 105 Å². The van der Waals surface area contributed by atoms with Crippen molar-refractivity contribution in [2.45, 2.75) is 38.0 Å². The molecule has 9 heteroatoms. The Kier molecular flexibility index (Phi) is 8.01. The minimum atomic E-state index is -3.14. The van der Waals surface area contributed by atoms with Crippen LogP contribution in [-0.4, -0.2) is 60.3 Å². The summed E-state index contributed by atoms with van der Waals surface area (Å²) in [5, 5.41) is 21.4. The van der Waals surface area contributed by atoms with E-state index in [4.69, 9.17) is 4.74 Å². The average Bonchev–Trinajstić information content (AvgIpc) is 2.90. The molecule has 1 saturated heterocycles. The highest BCUT2D eigenvalue weighted by atomic mass is 32.2. The molecule has 3 aromatic rings. The molecule has 0 saturated carbocycles. The number of methoxy groups -OCH3 is 1. The number of hydrogen-bond donors (Lipinski definition) is 1. The van der Waals surface area contributed by atoms with Crippen LogP contribution in [0.2, 0.25) is 0 Å². The zero-order chi connectivity index (χ0) is 25.7. The summed E-state index contributed by atoms with van der Waals surface area (Å²) in [5.74, 6) is 0.580. The predicted molar refractivity (Wildman–Crippen MR) is 139 cm³/mol. The number of piperidine rings is 1. The summed E-state index contributed by atoms with van der Waals surface area (Å²) in [6, 6.07) is 18.5. The van der Waals surface area contributed by atoms with Crippen molar-refractivity contribution in [3.8, 4) is 5.88 Å². The number of aromatic nitrogens is 2. The fourth-order valence-corrected chi connectivity index (χ4v) is 5.87. The summed E-state index contributed by atoms with van der Waals surface area (Å²) < 4.78 is 30.6. The average molecular weight is 509 g/mol. The van der Waals surface area contributed by atoms with Gasteiger partial charge in [0, 0.05) is 25.4 Å². The number of sulfonamides is 1. The lowest BCUT2D eigenvalue weighted by Crippen LogP contribution is -2.37. The van der Waals surface area contributed by atoms with E-state index >= 15 is 0 Å². The van der Waals surface area contributed by atoms with Crippen molar-refractivity contribution in [1.29, 1.82) is 0 Å². The molecule has 1 atom stereocenters. The third kappa shape index (κ3) is 5.74. The van der Waals surface area contributed by atoms with E-state index in [1.165, 1.54) is 18.9 Å². The zero-order valence-corrected chi connectivity index (χ0v) is 21.6. The summed E-state index contributed by atoms with van der Waals surface area (Å²) in [6.07, 6.45) is 4.88. The van der Waals surface area contributed by atoms with Crippen LogP contribution >= 0.6 is 0 Å². The molecule has 36 heavy (non-hydrogen) atoms. The lowest BCUT2D eigenvalue weighted by molar-refractivity contribution is 0.317. The molecular formula is C27H32N4O4S. The van der Waals surface area contributed by atoms with Crippen molar-refractivity contribution in [3.05, 3.63) is 88.6 Å². The van der Waals surface area contributed by atoms with Gasteiger partial charge in [-0.2, -0.15) is 5.10 Å². The molecule has 8 nitrogen and oxygen atoms in total. The molecule has 2 heterocycles. The fraction of sp³-hybridized carbons (Fsp3) is 0.370. The molecule has 2 aromatic carbocycles. The van der Waals surface area contributed by atoms with Gasteiger partial charge in [-0.25, -0.2) is 12.7 Å². The highest BCUT2D eigenvalue weighted by Gasteiger charge is 2.27. The molecule has 0 spiro atoms. The first-order chi connectivity index (χ1) is 17.3. The van der Waals surface area contributed by atoms with Gasteiger partial charge in [0.05, 0.1) is 30.8 Å². The molecule has 4 rings (SSSR count). The highest BCUT2D eigenvalue weighted by Crippen LogP contribution is 2.35. The van der Waals surface area contributed by atoms with Crippen LogP contribution in [0.15, 0.2) is 65.9 Å². The second kappa shape index (κ2) is 11.2. The summed E-state index contributed by atoms with van der Waals surface area (Å²) in [4.78, 5) is 0. The third-order valence-electron chi connectivity index (χ3n) is 7.01. The number of oxime groups is 1. The molecular weight excluding hydrogens is 476 g/mol. The highest BCUT2D eigenvalue weighted by molar-refractivity contribution is 7.88. The molecule has 0 unspecified atom stereocenters. The molecule has 1 fully saturated rings. The largest absolute Gasteiger partial charge is 0.479 e. The predicted octanol–water partition coefficient (Wildman–Crippen LogP) is 4.33. The summed E-state index contributed by atoms with van der Waals surface area (Å²) in [7, 11) is -1.63. The van der Waals surface area contributed by atoms with Crippen molar-refractivity contribution in [2.75, 3.05) is 26.5 Å². The van der Waals surface area contributed by atoms with Crippen molar-refractivity contribution in [1.82, 2.24) is 14.5 Å². The number of nitrogens with zero attached hydrogens (tertiary/aromatic N) is 4. The molecule has 0 radical (unpaired) electrons. The maximum atomic E-state index is 11.9. The van der Waals surface area contributed by atoms with Crippen LogP contribution in [0.25, 0.3) is 0 Å². The molecule has 0 amide bonds. The van der Waals surface area contributed by atoms with Gasteiger partial charge < -0.3 is 9.94 Å². The number of ether oxygens (including phenoxy) is 1. The first-order valence-electron chi connectivity index (χ1n) is 12.0. The lowest BCUT2D eigenvalue weighted by Gasteiger charge is -2.30. The molecule has 1 N–H and O–H groups in total. The second-order valence-electron chi connectivity index (χ2n) is 9.22. The molecule has 0 bridgehead atoms. The minimum absolute atomic E-state index is 0.0592. The van der Waals surface area contributed by atoms with E-state index in [-0.39, 0.29) is 5.92 Å². The molecule has 1 aliphatic heterocycles. The van der Waals surface area contributed by atoms with Gasteiger partial charge in [-0.05, 0) is 54.0 Å². The van der Waals surface area contributed by atoms with Crippen molar-refractivity contribution in [2.24, 2.45) is 5.16 Å². The number of benzene rings is 2. The zero-order valence-electron chi connectivity index (χ0n) is 20.8. The molecule has 190 valence electrons. The van der Waals surface area contributed by atoms with Crippen molar-refractivity contribution in [3.63, 3.8) is 0 Å². The van der Waals surface area contributed by atoms with Crippen LogP contribution in [0.5, 0.6) is 5.88 Å². The minimum Gasteiger partial charge on any atom is -0.479 e. The third-order valence-corrected chi connectivity index (χ3v) is 8.31. The van der Waals surface area contributed by atoms with Gasteiger partial charge in [0.1, 0.15) is 0 Å². The van der Waals surface area contributed by atoms with Crippen LogP contribution < -0.4 is 4.74 Å². The normalized spacial score (nSPS) is 16.6. The first-order valence-corrected chi connectivity index (χ1v) is 13.8. The van der Waals surface area contributed by atoms with Crippen LogP contribution in [0.1, 0.15) is 58.9 Å². The van der Waals surface area contributed by atoms with E-state index in [9.17, 15) is 13.6 Å². The van der Waals surface area contributed by atoms with Crippen molar-refractivity contribution >= 4 is 15.7 Å². The smallest absolute Gasteiger partial charge is 0.242 e. The first kappa shape index (κ1) is 25.8. The van der Waals surface area contributed by atoms with E-state index in [2.05, 4.69) is 58.7 Å². The maximum Gasteiger partial charge on any atom is 0.242 e. The van der Waals surface area contributed by atoms with Crippen LogP contribution in [0.4, 0.5) is 0 Å². The van der Waals surface area contributed by atoms with Gasteiger partial charge in [-0.15, -0.1) is 5.10 Å². The van der Waals surface area contributed by atoms with Gasteiger partial charge in [-0.1, -0.05) is 53.7 Å². The van der Waals surface area contributed by atoms with Gasteiger partial charge in [0.15, 0.2) is 0 Å². The van der Waals surface area contributed by atoms with E-state index in [1.54, 1.807) is 16.6 Å². The lowest BCUT2D eigenvalue weighted by atomic mass is 9.82. The summed E-state index contributed by atoms with van der Waals surface area (Å²) >= 11 is 0. The second-order valence-corrected chi connectivity index (χ2v) is 11.2. The Bertz CT molecular complexity index is 1320. The Morgan fingerprint density at radius 2 is 1.83 bits per heavy atom. The van der Waals surface area contributed by atoms with E-state index in [1.807, 2.05) is 12.1 Å². The maximum absolute atomic E-state index is 11.9. The van der Waals surface area contributed by atoms with E-state index in [0.29, 0.717) is 42.6 Å². The van der Waals surface area contributed by atoms with Gasteiger partial charge in [0.2, 0.25) is 15.9 Å². The van der Waals surface area contributed by atoms with Gasteiger partial charge >= 0.3 is 0 Å². The van der Waals surface area contributed by atoms with E-state index < -0.39 is 10.0 Å². The summed E-state index contributed by atoms with van der Waals surface area (Å²) in [5.41, 5.74) is 5.68. The van der Waals surface area contributed by atoms with Crippen molar-refractivity contribution < 1.29 is 18.4 Å². The Labute approximate surface area is 212 Å². The SMILES string of the molecule is COc1nnccc1C(C[C@H](c1ccc(C2CCN(S(C)(=O)=O)CC2)cc1)c1ccccc1C)=NO. The van der Waals surface area contributed by atoms with E-state index in [0.717, 1.165) is 29.5 Å². The number of aryl methyl sites for hydroxylation is 1. The fourth-order valence-electron chi connectivity index (χ4n) is 4.99. The van der Waals surface area contributed by atoms with Crippen LogP contribution in [0, 0.1) is 6.92 Å². The number of rotatable bonds is 8. The Morgan fingerprint density at radius 3 is 2.44 bits per heavy atom. The van der Waals surface area contributed by atoms with Gasteiger partial charge in [-0.3, -0.25) is 0 Å². The van der Waals surface area contributed by atoms with Crippen LogP contribution in [0.3, 0.4) is 0 Å². The molecule has 1 aromatic heterocycles. The summed E-state index contributed by atoms with van der Waals surface area (Å²) in [6.45, 7) is 3.18. The standard InChI is InChI=1S/C27H32N4O4S/c1-19-6-4-5-7-23(19)25(18-26(30-32)24-12-15-28-29-27(24)35-2)22-10-8-20(9-11-22)21-13-16-31(17-14-21)36(3,33)34/h4-12,15,21,25,32H,13-14,16-18H2,1-3H3/t25-/m1/s1. The number of hydrogen-bond acceptors (Lipinski definition) is 7. The van der Waals surface area contributed by atoms with Gasteiger partial charge in [0.25, 0.3) is 0 Å². The Balaban J connectivity index is 1.62. The van der Waals surface area contributed by atoms with Crippen LogP contribution in [-0.2, 0) is 10.0 Å². The Morgan fingerprint density at radius 1 is 1.14 bits per heavy atom. The molecule has 1 aliphatic rings. The quantitative estimate of drug-likeness (QED) is 0.276. The Hall–Kier alpha value is -3.30.